The first-order valence-electron chi connectivity index (χ1n) is 6.41. The first-order valence-corrected chi connectivity index (χ1v) is 6.82. The van der Waals surface area contributed by atoms with Crippen molar-refractivity contribution in [2.75, 3.05) is 11.9 Å². The number of carbonyl (C=O) groups excluding carboxylic acids is 1. The number of halogens is 1. The Morgan fingerprint density at radius 2 is 2.05 bits per heavy atom. The summed E-state index contributed by atoms with van der Waals surface area (Å²) in [4.78, 5) is 19.6. The van der Waals surface area contributed by atoms with Gasteiger partial charge in [0.1, 0.15) is 5.82 Å². The van der Waals surface area contributed by atoms with Crippen LogP contribution in [-0.4, -0.2) is 27.8 Å². The molecule has 8 heteroatoms. The monoisotopic (exact) mass is 320 g/mol. The van der Waals surface area contributed by atoms with E-state index in [4.69, 9.17) is 17.0 Å². The molecule has 114 valence electrons. The molecule has 0 aliphatic carbocycles. The van der Waals surface area contributed by atoms with Crippen LogP contribution in [0.15, 0.2) is 36.7 Å². The molecule has 0 unspecified atom stereocenters. The number of hydrogen-bond acceptors (Lipinski definition) is 5. The van der Waals surface area contributed by atoms with Crippen LogP contribution >= 0.6 is 12.2 Å². The standard InChI is InChI=1S/C14H13FN4O2S/c1-2-21-14(20)19-13(22)18-12-8-16-7-11(17-12)9-3-5-10(15)6-4-9/h3-8H,2H2,1H3,(H2,17,18,19,20,22). The van der Waals surface area contributed by atoms with Gasteiger partial charge in [-0.05, 0) is 43.4 Å². The van der Waals surface area contributed by atoms with Crippen LogP contribution in [-0.2, 0) is 4.74 Å². The van der Waals surface area contributed by atoms with Crippen molar-refractivity contribution >= 4 is 29.2 Å². The Hall–Kier alpha value is -2.61. The summed E-state index contributed by atoms with van der Waals surface area (Å²) in [5.74, 6) is 0.0226. The van der Waals surface area contributed by atoms with Gasteiger partial charge in [0.15, 0.2) is 10.9 Å². The van der Waals surface area contributed by atoms with Crippen LogP contribution in [0.25, 0.3) is 11.3 Å². The number of carbonyl (C=O) groups is 1. The van der Waals surface area contributed by atoms with Crippen LogP contribution < -0.4 is 10.6 Å². The topological polar surface area (TPSA) is 76.1 Å². The number of nitrogens with zero attached hydrogens (tertiary/aromatic N) is 2. The molecule has 0 saturated carbocycles. The van der Waals surface area contributed by atoms with E-state index in [-0.39, 0.29) is 17.5 Å². The second-order valence-corrected chi connectivity index (χ2v) is 4.50. The zero-order chi connectivity index (χ0) is 15.9. The zero-order valence-electron chi connectivity index (χ0n) is 11.7. The Balaban J connectivity index is 2.07. The molecule has 1 aromatic carbocycles. The average Bonchev–Trinajstić information content (AvgIpc) is 2.48. The molecule has 0 aliphatic rings. The van der Waals surface area contributed by atoms with Crippen molar-refractivity contribution in [3.8, 4) is 11.3 Å². The Morgan fingerprint density at radius 1 is 1.32 bits per heavy atom. The molecule has 2 N–H and O–H groups in total. The van der Waals surface area contributed by atoms with E-state index in [9.17, 15) is 9.18 Å². The van der Waals surface area contributed by atoms with Gasteiger partial charge in [-0.25, -0.2) is 14.2 Å². The van der Waals surface area contributed by atoms with Gasteiger partial charge in [0.05, 0.1) is 24.7 Å². The quantitative estimate of drug-likeness (QED) is 0.847. The lowest BCUT2D eigenvalue weighted by Gasteiger charge is -2.09. The Bertz CT molecular complexity index is 679. The minimum absolute atomic E-state index is 0.0454. The molecule has 22 heavy (non-hydrogen) atoms. The highest BCUT2D eigenvalue weighted by atomic mass is 32.1. The van der Waals surface area contributed by atoms with Crippen LogP contribution in [0, 0.1) is 5.82 Å². The average molecular weight is 320 g/mol. The normalized spacial score (nSPS) is 9.91. The van der Waals surface area contributed by atoms with Gasteiger partial charge in [-0.15, -0.1) is 0 Å². The predicted octanol–water partition coefficient (Wildman–Crippen LogP) is 2.73. The van der Waals surface area contributed by atoms with Crippen molar-refractivity contribution in [1.29, 1.82) is 0 Å². The molecular formula is C14H13FN4O2S. The largest absolute Gasteiger partial charge is 0.450 e. The SMILES string of the molecule is CCOC(=O)NC(=S)Nc1cncc(-c2ccc(F)cc2)n1. The molecule has 0 saturated heterocycles. The van der Waals surface area contributed by atoms with Crippen LogP contribution in [0.4, 0.5) is 15.0 Å². The third-order valence-corrected chi connectivity index (χ3v) is 2.71. The maximum atomic E-state index is 12.9. The summed E-state index contributed by atoms with van der Waals surface area (Å²) >= 11 is 4.96. The minimum Gasteiger partial charge on any atom is -0.450 e. The smallest absolute Gasteiger partial charge is 0.413 e. The Morgan fingerprint density at radius 3 is 2.73 bits per heavy atom. The molecule has 1 aromatic heterocycles. The first-order chi connectivity index (χ1) is 10.6. The highest BCUT2D eigenvalue weighted by molar-refractivity contribution is 7.80. The summed E-state index contributed by atoms with van der Waals surface area (Å²) in [6.45, 7) is 1.93. The Kier molecular flexibility index (Phi) is 5.31. The molecule has 0 radical (unpaired) electrons. The van der Waals surface area contributed by atoms with Gasteiger partial charge in [0, 0.05) is 5.56 Å². The van der Waals surface area contributed by atoms with E-state index in [2.05, 4.69) is 20.6 Å². The lowest BCUT2D eigenvalue weighted by Crippen LogP contribution is -2.34. The minimum atomic E-state index is -0.650. The second kappa shape index (κ2) is 7.41. The van der Waals surface area contributed by atoms with Gasteiger partial charge in [0.25, 0.3) is 0 Å². The van der Waals surface area contributed by atoms with E-state index < -0.39 is 6.09 Å². The second-order valence-electron chi connectivity index (χ2n) is 4.10. The third kappa shape index (κ3) is 4.45. The molecule has 6 nitrogen and oxygen atoms in total. The van der Waals surface area contributed by atoms with Gasteiger partial charge in [-0.3, -0.25) is 10.3 Å². The number of rotatable bonds is 3. The summed E-state index contributed by atoms with van der Waals surface area (Å²) < 4.78 is 17.6. The fraction of sp³-hybridized carbons (Fsp3) is 0.143. The van der Waals surface area contributed by atoms with E-state index in [1.165, 1.54) is 18.3 Å². The van der Waals surface area contributed by atoms with E-state index >= 15 is 0 Å². The highest BCUT2D eigenvalue weighted by Gasteiger charge is 2.07. The summed E-state index contributed by atoms with van der Waals surface area (Å²) in [7, 11) is 0. The van der Waals surface area contributed by atoms with Gasteiger partial charge in [-0.1, -0.05) is 0 Å². The number of aromatic nitrogens is 2. The molecule has 2 rings (SSSR count). The van der Waals surface area contributed by atoms with E-state index in [1.807, 2.05) is 0 Å². The van der Waals surface area contributed by atoms with Gasteiger partial charge in [-0.2, -0.15) is 0 Å². The molecule has 0 bridgehead atoms. The number of thiocarbonyl (C=S) groups is 1. The Labute approximate surface area is 131 Å². The molecule has 0 aliphatic heterocycles. The van der Waals surface area contributed by atoms with Gasteiger partial charge in [0.2, 0.25) is 0 Å². The maximum absolute atomic E-state index is 12.9. The van der Waals surface area contributed by atoms with Crippen molar-refractivity contribution in [3.05, 3.63) is 42.5 Å². The molecule has 0 spiro atoms. The number of alkyl carbamates (subject to hydrolysis) is 1. The predicted molar refractivity (Wildman–Crippen MR) is 83.8 cm³/mol. The van der Waals surface area contributed by atoms with Crippen LogP contribution in [0.5, 0.6) is 0 Å². The number of anilines is 1. The summed E-state index contributed by atoms with van der Waals surface area (Å²) in [5.41, 5.74) is 1.26. The van der Waals surface area contributed by atoms with Crippen LogP contribution in [0.2, 0.25) is 0 Å². The summed E-state index contributed by atoms with van der Waals surface area (Å²) in [6, 6.07) is 5.87. The van der Waals surface area contributed by atoms with Crippen molar-refractivity contribution in [3.63, 3.8) is 0 Å². The fourth-order valence-electron chi connectivity index (χ4n) is 1.59. The number of ether oxygens (including phenoxy) is 1. The van der Waals surface area contributed by atoms with Crippen molar-refractivity contribution in [2.45, 2.75) is 6.92 Å². The van der Waals surface area contributed by atoms with Crippen molar-refractivity contribution in [1.82, 2.24) is 15.3 Å². The summed E-state index contributed by atoms with van der Waals surface area (Å²) in [6.07, 6.45) is 2.34. The number of amides is 1. The van der Waals surface area contributed by atoms with Crippen LogP contribution in [0.1, 0.15) is 6.92 Å². The van der Waals surface area contributed by atoms with Gasteiger partial charge < -0.3 is 10.1 Å². The first kappa shape index (κ1) is 15.8. The van der Waals surface area contributed by atoms with Gasteiger partial charge >= 0.3 is 6.09 Å². The maximum Gasteiger partial charge on any atom is 0.413 e. The zero-order valence-corrected chi connectivity index (χ0v) is 12.5. The van der Waals surface area contributed by atoms with E-state index in [0.717, 1.165) is 0 Å². The lowest BCUT2D eigenvalue weighted by atomic mass is 10.1. The van der Waals surface area contributed by atoms with E-state index in [1.54, 1.807) is 25.3 Å². The highest BCUT2D eigenvalue weighted by Crippen LogP contribution is 2.17. The molecule has 0 fully saturated rings. The van der Waals surface area contributed by atoms with Crippen molar-refractivity contribution < 1.29 is 13.9 Å². The van der Waals surface area contributed by atoms with E-state index in [0.29, 0.717) is 17.1 Å². The molecule has 1 amide bonds. The summed E-state index contributed by atoms with van der Waals surface area (Å²) in [5, 5.41) is 5.11. The number of hydrogen-bond donors (Lipinski definition) is 2. The van der Waals surface area contributed by atoms with Crippen LogP contribution in [0.3, 0.4) is 0 Å². The number of benzene rings is 1. The lowest BCUT2D eigenvalue weighted by molar-refractivity contribution is 0.158. The number of nitrogens with one attached hydrogen (secondary N) is 2. The molecule has 2 aromatic rings. The molecular weight excluding hydrogens is 307 g/mol. The molecule has 1 heterocycles. The van der Waals surface area contributed by atoms with Crippen molar-refractivity contribution in [2.24, 2.45) is 0 Å². The molecule has 0 atom stereocenters. The third-order valence-electron chi connectivity index (χ3n) is 2.51. The fourth-order valence-corrected chi connectivity index (χ4v) is 1.78.